The second kappa shape index (κ2) is 3.73. The van der Waals surface area contributed by atoms with E-state index in [2.05, 4.69) is 5.32 Å². The fraction of sp³-hybridized carbons (Fsp3) is 0.400. The second-order valence-corrected chi connectivity index (χ2v) is 3.78. The molecule has 0 saturated carbocycles. The number of nitrogens with zero attached hydrogens (tertiary/aromatic N) is 1. The van der Waals surface area contributed by atoms with Crippen molar-refractivity contribution in [3.63, 3.8) is 0 Å². The number of hydrogen-bond acceptors (Lipinski definition) is 5. The molecule has 1 fully saturated rings. The minimum absolute atomic E-state index is 0.0449. The van der Waals surface area contributed by atoms with Gasteiger partial charge < -0.3 is 15.2 Å². The Bertz CT molecular complexity index is 429. The molecule has 16 heavy (non-hydrogen) atoms. The van der Waals surface area contributed by atoms with Crippen LogP contribution in [0.2, 0.25) is 0 Å². The van der Waals surface area contributed by atoms with Crippen molar-refractivity contribution in [3.8, 4) is 5.75 Å². The van der Waals surface area contributed by atoms with Crippen LogP contribution in [-0.2, 0) is 5.60 Å². The van der Waals surface area contributed by atoms with Crippen LogP contribution < -0.4 is 10.1 Å². The number of non-ortho nitro benzene ring substituents is 1. The summed E-state index contributed by atoms with van der Waals surface area (Å²) < 4.78 is 5.07. The lowest BCUT2D eigenvalue weighted by atomic mass is 9.87. The number of aliphatic hydroxyl groups is 1. The Morgan fingerprint density at radius 2 is 2.25 bits per heavy atom. The molecule has 0 aromatic heterocycles. The van der Waals surface area contributed by atoms with Gasteiger partial charge in [0.2, 0.25) is 0 Å². The number of nitro groups is 1. The predicted octanol–water partition coefficient (Wildman–Crippen LogP) is 0.394. The molecule has 1 aromatic rings. The van der Waals surface area contributed by atoms with Gasteiger partial charge in [-0.3, -0.25) is 10.1 Å². The molecule has 0 amide bonds. The van der Waals surface area contributed by atoms with Crippen LogP contribution in [0.3, 0.4) is 0 Å². The largest absolute Gasteiger partial charge is 0.496 e. The van der Waals surface area contributed by atoms with Gasteiger partial charge in [-0.25, -0.2) is 0 Å². The zero-order chi connectivity index (χ0) is 11.8. The summed E-state index contributed by atoms with van der Waals surface area (Å²) >= 11 is 0. The molecular formula is C10H12N2O4. The number of rotatable bonds is 3. The van der Waals surface area contributed by atoms with Crippen LogP contribution in [0.1, 0.15) is 5.56 Å². The minimum atomic E-state index is -0.972. The van der Waals surface area contributed by atoms with Gasteiger partial charge in [-0.2, -0.15) is 0 Å². The molecule has 1 saturated heterocycles. The maximum Gasteiger partial charge on any atom is 0.273 e. The van der Waals surface area contributed by atoms with E-state index in [0.29, 0.717) is 24.4 Å². The zero-order valence-electron chi connectivity index (χ0n) is 8.77. The van der Waals surface area contributed by atoms with E-state index in [-0.39, 0.29) is 5.69 Å². The van der Waals surface area contributed by atoms with Crippen molar-refractivity contribution in [2.24, 2.45) is 0 Å². The maximum atomic E-state index is 10.6. The third kappa shape index (κ3) is 1.62. The molecule has 1 aliphatic rings. The van der Waals surface area contributed by atoms with Crippen molar-refractivity contribution in [2.75, 3.05) is 20.2 Å². The first-order valence-corrected chi connectivity index (χ1v) is 4.83. The van der Waals surface area contributed by atoms with Crippen molar-refractivity contribution < 1.29 is 14.8 Å². The molecule has 0 bridgehead atoms. The van der Waals surface area contributed by atoms with Crippen LogP contribution in [0.25, 0.3) is 0 Å². The Balaban J connectivity index is 2.42. The summed E-state index contributed by atoms with van der Waals surface area (Å²) in [4.78, 5) is 10.1. The van der Waals surface area contributed by atoms with E-state index >= 15 is 0 Å². The number of hydrogen-bond donors (Lipinski definition) is 2. The van der Waals surface area contributed by atoms with Crippen LogP contribution in [0.4, 0.5) is 5.69 Å². The molecule has 2 N–H and O–H groups in total. The van der Waals surface area contributed by atoms with E-state index < -0.39 is 10.5 Å². The Labute approximate surface area is 92.0 Å². The molecule has 1 aliphatic heterocycles. The molecule has 0 unspecified atom stereocenters. The summed E-state index contributed by atoms with van der Waals surface area (Å²) in [5, 5.41) is 23.6. The normalized spacial score (nSPS) is 17.6. The summed E-state index contributed by atoms with van der Waals surface area (Å²) in [5.41, 5.74) is -0.434. The van der Waals surface area contributed by atoms with E-state index in [4.69, 9.17) is 4.74 Å². The molecule has 0 aliphatic carbocycles. The molecule has 2 rings (SSSR count). The van der Waals surface area contributed by atoms with E-state index in [1.807, 2.05) is 0 Å². The highest BCUT2D eigenvalue weighted by atomic mass is 16.6. The lowest BCUT2D eigenvalue weighted by molar-refractivity contribution is -0.385. The summed E-state index contributed by atoms with van der Waals surface area (Å²) in [5.74, 6) is 0.346. The fourth-order valence-electron chi connectivity index (χ4n) is 1.73. The molecule has 0 atom stereocenters. The Kier molecular flexibility index (Phi) is 2.53. The topological polar surface area (TPSA) is 84.6 Å². The van der Waals surface area contributed by atoms with E-state index in [1.165, 1.54) is 25.3 Å². The Morgan fingerprint density at radius 3 is 2.69 bits per heavy atom. The molecule has 0 radical (unpaired) electrons. The van der Waals surface area contributed by atoms with E-state index in [0.717, 1.165) is 0 Å². The Hall–Kier alpha value is -1.66. The first-order chi connectivity index (χ1) is 7.57. The first kappa shape index (κ1) is 10.8. The number of β-amino-alcohol motifs (C(OH)–C–C–N with tert-alkyl or cyclic N) is 1. The lowest BCUT2D eigenvalue weighted by Gasteiger charge is -2.38. The third-order valence-electron chi connectivity index (χ3n) is 2.73. The molecule has 6 heteroatoms. The first-order valence-electron chi connectivity index (χ1n) is 4.83. The number of nitro benzene ring substituents is 1. The molecule has 6 nitrogen and oxygen atoms in total. The van der Waals surface area contributed by atoms with Gasteiger partial charge in [0, 0.05) is 24.7 Å². The Morgan fingerprint density at radius 1 is 1.56 bits per heavy atom. The van der Waals surface area contributed by atoms with Crippen LogP contribution in [-0.4, -0.2) is 30.2 Å². The number of methoxy groups -OCH3 is 1. The fourth-order valence-corrected chi connectivity index (χ4v) is 1.73. The molecule has 0 spiro atoms. The van der Waals surface area contributed by atoms with E-state index in [1.54, 1.807) is 0 Å². The molecular weight excluding hydrogens is 212 g/mol. The van der Waals surface area contributed by atoms with Crippen molar-refractivity contribution in [2.45, 2.75) is 5.60 Å². The van der Waals surface area contributed by atoms with Gasteiger partial charge in [0.15, 0.2) is 0 Å². The van der Waals surface area contributed by atoms with Gasteiger partial charge in [0.25, 0.3) is 5.69 Å². The van der Waals surface area contributed by atoms with Crippen molar-refractivity contribution in [1.82, 2.24) is 5.32 Å². The summed E-state index contributed by atoms with van der Waals surface area (Å²) in [7, 11) is 1.43. The van der Waals surface area contributed by atoms with Crippen molar-refractivity contribution in [1.29, 1.82) is 0 Å². The van der Waals surface area contributed by atoms with Crippen LogP contribution in [0.15, 0.2) is 18.2 Å². The van der Waals surface area contributed by atoms with Crippen molar-refractivity contribution >= 4 is 5.69 Å². The molecule has 1 aromatic carbocycles. The predicted molar refractivity (Wildman–Crippen MR) is 56.4 cm³/mol. The van der Waals surface area contributed by atoms with Crippen LogP contribution >= 0.6 is 0 Å². The lowest BCUT2D eigenvalue weighted by Crippen LogP contribution is -2.56. The summed E-state index contributed by atoms with van der Waals surface area (Å²) in [6.07, 6.45) is 0. The van der Waals surface area contributed by atoms with Gasteiger partial charge in [-0.05, 0) is 6.07 Å². The SMILES string of the molecule is COc1cc([N+](=O)[O-])ccc1C1(O)CNC1. The highest BCUT2D eigenvalue weighted by Gasteiger charge is 2.39. The molecule has 1 heterocycles. The smallest absolute Gasteiger partial charge is 0.273 e. The zero-order valence-corrected chi connectivity index (χ0v) is 8.77. The average molecular weight is 224 g/mol. The quantitative estimate of drug-likeness (QED) is 0.573. The van der Waals surface area contributed by atoms with Gasteiger partial charge in [-0.1, -0.05) is 0 Å². The number of benzene rings is 1. The average Bonchev–Trinajstić information content (AvgIpc) is 2.25. The summed E-state index contributed by atoms with van der Waals surface area (Å²) in [6.45, 7) is 0.863. The van der Waals surface area contributed by atoms with Gasteiger partial charge in [0.05, 0.1) is 18.1 Å². The van der Waals surface area contributed by atoms with Crippen LogP contribution in [0.5, 0.6) is 5.75 Å². The highest BCUT2D eigenvalue weighted by molar-refractivity contribution is 5.48. The van der Waals surface area contributed by atoms with Crippen LogP contribution in [0, 0.1) is 10.1 Å². The van der Waals surface area contributed by atoms with E-state index in [9.17, 15) is 15.2 Å². The van der Waals surface area contributed by atoms with Gasteiger partial charge in [0.1, 0.15) is 11.4 Å². The summed E-state index contributed by atoms with van der Waals surface area (Å²) in [6, 6.07) is 4.23. The van der Waals surface area contributed by atoms with Crippen molar-refractivity contribution in [3.05, 3.63) is 33.9 Å². The maximum absolute atomic E-state index is 10.6. The highest BCUT2D eigenvalue weighted by Crippen LogP contribution is 2.35. The van der Waals surface area contributed by atoms with Gasteiger partial charge in [-0.15, -0.1) is 0 Å². The molecule has 86 valence electrons. The standard InChI is InChI=1S/C10H12N2O4/c1-16-9-4-7(12(14)15)2-3-8(9)10(13)5-11-6-10/h2-4,11,13H,5-6H2,1H3. The monoisotopic (exact) mass is 224 g/mol. The third-order valence-corrected chi connectivity index (χ3v) is 2.73. The number of nitrogens with one attached hydrogen (secondary N) is 1. The van der Waals surface area contributed by atoms with Gasteiger partial charge >= 0.3 is 0 Å². The second-order valence-electron chi connectivity index (χ2n) is 3.78. The minimum Gasteiger partial charge on any atom is -0.496 e. The number of ether oxygens (including phenoxy) is 1.